The quantitative estimate of drug-likeness (QED) is 0.522. The molecule has 2 saturated heterocycles. The Bertz CT molecular complexity index is 1070. The van der Waals surface area contributed by atoms with Crippen LogP contribution in [0.25, 0.3) is 0 Å². The van der Waals surface area contributed by atoms with Crippen molar-refractivity contribution in [3.8, 4) is 11.5 Å². The van der Waals surface area contributed by atoms with Crippen LogP contribution in [0, 0.1) is 0 Å². The minimum atomic E-state index is -0.453. The predicted molar refractivity (Wildman–Crippen MR) is 127 cm³/mol. The molecule has 10 nitrogen and oxygen atoms in total. The number of benzene rings is 2. The van der Waals surface area contributed by atoms with E-state index in [1.807, 2.05) is 18.2 Å². The van der Waals surface area contributed by atoms with Crippen molar-refractivity contribution >= 4 is 17.8 Å². The molecule has 4 amide bonds. The molecule has 0 saturated carbocycles. The molecule has 2 fully saturated rings. The lowest BCUT2D eigenvalue weighted by Gasteiger charge is -2.35. The van der Waals surface area contributed by atoms with Crippen LogP contribution >= 0.6 is 0 Å². The standard InChI is InChI=1S/C25H30N4O6/c1-33-21-8-7-17(13-22(21)34-2)20(28-9-11-35-12-10-28)14-26-24(31)19-6-4-3-5-18(19)16-29-23(30)15-27-25(29)32/h3-8,13,20H,9-12,14-16H2,1-2H3,(H,26,31)(H,27,32). The second kappa shape index (κ2) is 11.2. The van der Waals surface area contributed by atoms with E-state index in [2.05, 4.69) is 15.5 Å². The average Bonchev–Trinajstić information content (AvgIpc) is 3.21. The molecule has 0 aromatic heterocycles. The Balaban J connectivity index is 1.53. The summed E-state index contributed by atoms with van der Waals surface area (Å²) in [5, 5.41) is 5.55. The van der Waals surface area contributed by atoms with Gasteiger partial charge in [0.25, 0.3) is 5.91 Å². The number of carbonyl (C=O) groups excluding carboxylic acids is 3. The van der Waals surface area contributed by atoms with E-state index >= 15 is 0 Å². The van der Waals surface area contributed by atoms with Crippen LogP contribution in [0.3, 0.4) is 0 Å². The number of methoxy groups -OCH3 is 2. The van der Waals surface area contributed by atoms with Gasteiger partial charge in [-0.1, -0.05) is 24.3 Å². The highest BCUT2D eigenvalue weighted by Crippen LogP contribution is 2.32. The monoisotopic (exact) mass is 482 g/mol. The number of rotatable bonds is 9. The van der Waals surface area contributed by atoms with Crippen molar-refractivity contribution in [2.45, 2.75) is 12.6 Å². The summed E-state index contributed by atoms with van der Waals surface area (Å²) in [4.78, 5) is 40.6. The Kier molecular flexibility index (Phi) is 7.84. The van der Waals surface area contributed by atoms with Crippen molar-refractivity contribution in [3.63, 3.8) is 0 Å². The Morgan fingerprint density at radius 2 is 1.83 bits per heavy atom. The summed E-state index contributed by atoms with van der Waals surface area (Å²) in [6.07, 6.45) is 0. The molecule has 4 rings (SSSR count). The van der Waals surface area contributed by atoms with Gasteiger partial charge in [0.1, 0.15) is 0 Å². The molecule has 0 aliphatic carbocycles. The van der Waals surface area contributed by atoms with Crippen LogP contribution in [0.5, 0.6) is 11.5 Å². The molecule has 2 aromatic rings. The van der Waals surface area contributed by atoms with Crippen LogP contribution in [0.15, 0.2) is 42.5 Å². The lowest BCUT2D eigenvalue weighted by atomic mass is 10.0. The number of hydrogen-bond acceptors (Lipinski definition) is 7. The van der Waals surface area contributed by atoms with Crippen molar-refractivity contribution in [1.29, 1.82) is 0 Å². The van der Waals surface area contributed by atoms with Crippen LogP contribution in [0.2, 0.25) is 0 Å². The van der Waals surface area contributed by atoms with Gasteiger partial charge in [-0.2, -0.15) is 0 Å². The van der Waals surface area contributed by atoms with E-state index in [4.69, 9.17) is 14.2 Å². The highest BCUT2D eigenvalue weighted by molar-refractivity contribution is 6.02. The Morgan fingerprint density at radius 1 is 1.09 bits per heavy atom. The van der Waals surface area contributed by atoms with Gasteiger partial charge in [-0.25, -0.2) is 4.79 Å². The van der Waals surface area contributed by atoms with Gasteiger partial charge < -0.3 is 24.8 Å². The number of nitrogens with one attached hydrogen (secondary N) is 2. The summed E-state index contributed by atoms with van der Waals surface area (Å²) in [7, 11) is 3.18. The van der Waals surface area contributed by atoms with Gasteiger partial charge in [0.05, 0.1) is 46.6 Å². The first-order chi connectivity index (χ1) is 17.0. The summed E-state index contributed by atoms with van der Waals surface area (Å²) in [6, 6.07) is 12.2. The van der Waals surface area contributed by atoms with Gasteiger partial charge in [-0.3, -0.25) is 19.4 Å². The third kappa shape index (κ3) is 5.55. The van der Waals surface area contributed by atoms with E-state index in [1.165, 1.54) is 0 Å². The van der Waals surface area contributed by atoms with Crippen LogP contribution < -0.4 is 20.1 Å². The molecular weight excluding hydrogens is 452 g/mol. The zero-order chi connectivity index (χ0) is 24.8. The molecule has 2 aliphatic rings. The van der Waals surface area contributed by atoms with E-state index in [-0.39, 0.29) is 30.9 Å². The molecule has 1 unspecified atom stereocenters. The number of hydrogen-bond donors (Lipinski definition) is 2. The molecule has 186 valence electrons. The minimum Gasteiger partial charge on any atom is -0.493 e. The van der Waals surface area contributed by atoms with Crippen molar-refractivity contribution in [2.75, 3.05) is 53.6 Å². The van der Waals surface area contributed by atoms with E-state index in [1.54, 1.807) is 38.5 Å². The Hall–Kier alpha value is -3.63. The molecule has 2 aromatic carbocycles. The molecule has 35 heavy (non-hydrogen) atoms. The third-order valence-corrected chi connectivity index (χ3v) is 6.26. The number of morpholine rings is 1. The largest absolute Gasteiger partial charge is 0.493 e. The fourth-order valence-corrected chi connectivity index (χ4v) is 4.36. The molecular formula is C25H30N4O6. The van der Waals surface area contributed by atoms with E-state index in [0.717, 1.165) is 23.6 Å². The lowest BCUT2D eigenvalue weighted by Crippen LogP contribution is -2.44. The minimum absolute atomic E-state index is 0.0280. The normalized spacial score (nSPS) is 17.1. The highest BCUT2D eigenvalue weighted by atomic mass is 16.5. The van der Waals surface area contributed by atoms with Gasteiger partial charge in [-0.15, -0.1) is 0 Å². The zero-order valence-corrected chi connectivity index (χ0v) is 19.9. The number of imide groups is 1. The van der Waals surface area contributed by atoms with Crippen LogP contribution in [0.1, 0.15) is 27.5 Å². The third-order valence-electron chi connectivity index (χ3n) is 6.26. The predicted octanol–water partition coefficient (Wildman–Crippen LogP) is 1.56. The fraction of sp³-hybridized carbons (Fsp3) is 0.400. The van der Waals surface area contributed by atoms with Crippen LogP contribution in [-0.2, 0) is 16.1 Å². The SMILES string of the molecule is COc1ccc(C(CNC(=O)c2ccccc2CN2C(=O)CNC2=O)N2CCOCC2)cc1OC. The summed E-state index contributed by atoms with van der Waals surface area (Å²) in [6.45, 7) is 3.07. The maximum atomic E-state index is 13.2. The maximum Gasteiger partial charge on any atom is 0.324 e. The topological polar surface area (TPSA) is 109 Å². The first-order valence-corrected chi connectivity index (χ1v) is 11.5. The van der Waals surface area contributed by atoms with Gasteiger partial charge in [0, 0.05) is 25.2 Å². The first-order valence-electron chi connectivity index (χ1n) is 11.5. The van der Waals surface area contributed by atoms with Crippen molar-refractivity contribution in [3.05, 3.63) is 59.2 Å². The van der Waals surface area contributed by atoms with Gasteiger partial charge in [0.2, 0.25) is 5.91 Å². The van der Waals surface area contributed by atoms with Gasteiger partial charge in [-0.05, 0) is 29.3 Å². The molecule has 10 heteroatoms. The molecule has 1 atom stereocenters. The Labute approximate surface area is 204 Å². The number of amides is 4. The summed E-state index contributed by atoms with van der Waals surface area (Å²) < 4.78 is 16.4. The summed E-state index contributed by atoms with van der Waals surface area (Å²) in [5.74, 6) is 0.668. The van der Waals surface area contributed by atoms with Crippen LogP contribution in [0.4, 0.5) is 4.79 Å². The second-order valence-electron chi connectivity index (χ2n) is 8.28. The van der Waals surface area contributed by atoms with E-state index in [0.29, 0.717) is 42.4 Å². The maximum absolute atomic E-state index is 13.2. The molecule has 0 bridgehead atoms. The molecule has 0 spiro atoms. The second-order valence-corrected chi connectivity index (χ2v) is 8.28. The summed E-state index contributed by atoms with van der Waals surface area (Å²) in [5.41, 5.74) is 2.01. The zero-order valence-electron chi connectivity index (χ0n) is 19.9. The van der Waals surface area contributed by atoms with Crippen molar-refractivity contribution in [1.82, 2.24) is 20.4 Å². The summed E-state index contributed by atoms with van der Waals surface area (Å²) >= 11 is 0. The van der Waals surface area contributed by atoms with Gasteiger partial charge in [0.15, 0.2) is 11.5 Å². The van der Waals surface area contributed by atoms with Gasteiger partial charge >= 0.3 is 6.03 Å². The number of urea groups is 1. The number of ether oxygens (including phenoxy) is 3. The van der Waals surface area contributed by atoms with Crippen molar-refractivity contribution < 1.29 is 28.6 Å². The lowest BCUT2D eigenvalue weighted by molar-refractivity contribution is -0.125. The molecule has 2 aliphatic heterocycles. The number of carbonyl (C=O) groups is 3. The fourth-order valence-electron chi connectivity index (χ4n) is 4.36. The molecule has 2 heterocycles. The smallest absolute Gasteiger partial charge is 0.324 e. The average molecular weight is 483 g/mol. The molecule has 0 radical (unpaired) electrons. The van der Waals surface area contributed by atoms with Crippen LogP contribution in [-0.4, -0.2) is 81.3 Å². The number of nitrogens with zero attached hydrogens (tertiary/aromatic N) is 2. The first kappa shape index (κ1) is 24.5. The molecule has 2 N–H and O–H groups in total. The highest BCUT2D eigenvalue weighted by Gasteiger charge is 2.30. The van der Waals surface area contributed by atoms with Crippen molar-refractivity contribution in [2.24, 2.45) is 0 Å². The van der Waals surface area contributed by atoms with E-state index in [9.17, 15) is 14.4 Å². The van der Waals surface area contributed by atoms with E-state index < -0.39 is 6.03 Å². The Morgan fingerprint density at radius 3 is 2.51 bits per heavy atom.